The van der Waals surface area contributed by atoms with Gasteiger partial charge in [-0.15, -0.1) is 0 Å². The monoisotopic (exact) mass is 335 g/mol. The van der Waals surface area contributed by atoms with Crippen molar-refractivity contribution in [1.29, 1.82) is 0 Å². The molecule has 0 aliphatic carbocycles. The van der Waals surface area contributed by atoms with Crippen molar-refractivity contribution >= 4 is 15.9 Å². The minimum absolute atomic E-state index is 0.388. The highest BCUT2D eigenvalue weighted by Gasteiger charge is 2.20. The zero-order valence-electron chi connectivity index (χ0n) is 11.3. The number of hydrogen-bond donors (Lipinski definition) is 1. The zero-order valence-corrected chi connectivity index (χ0v) is 12.8. The summed E-state index contributed by atoms with van der Waals surface area (Å²) in [6, 6.07) is 6.61. The number of imidazole rings is 1. The SMILES string of the molecule is Brc1ccc2c(c1)C(NCCCn1ccnc1)CCO2. The Balaban J connectivity index is 1.55. The molecule has 0 amide bonds. The highest BCUT2D eigenvalue weighted by molar-refractivity contribution is 9.10. The number of ether oxygens (including phenoxy) is 1. The van der Waals surface area contributed by atoms with Crippen LogP contribution < -0.4 is 10.1 Å². The summed E-state index contributed by atoms with van der Waals surface area (Å²) in [4.78, 5) is 4.05. The molecule has 1 aliphatic rings. The molecule has 20 heavy (non-hydrogen) atoms. The van der Waals surface area contributed by atoms with Gasteiger partial charge >= 0.3 is 0 Å². The molecule has 1 aromatic heterocycles. The standard InChI is InChI=1S/C15H18BrN3O/c16-12-2-3-15-13(10-12)14(4-9-20-15)18-5-1-7-19-8-6-17-11-19/h2-3,6,8,10-11,14,18H,1,4-5,7,9H2. The summed E-state index contributed by atoms with van der Waals surface area (Å²) in [5.74, 6) is 1.01. The Morgan fingerprint density at radius 1 is 1.45 bits per heavy atom. The number of aryl methyl sites for hydroxylation is 1. The molecular formula is C15H18BrN3O. The highest BCUT2D eigenvalue weighted by atomic mass is 79.9. The summed E-state index contributed by atoms with van der Waals surface area (Å²) in [5, 5.41) is 3.63. The van der Waals surface area contributed by atoms with Crippen molar-refractivity contribution in [2.45, 2.75) is 25.4 Å². The molecule has 0 saturated heterocycles. The third-order valence-corrected chi connectivity index (χ3v) is 4.05. The van der Waals surface area contributed by atoms with Crippen LogP contribution in [0.4, 0.5) is 0 Å². The van der Waals surface area contributed by atoms with Gasteiger partial charge in [-0.3, -0.25) is 0 Å². The van der Waals surface area contributed by atoms with E-state index < -0.39 is 0 Å². The van der Waals surface area contributed by atoms with Crippen molar-refractivity contribution in [3.8, 4) is 5.75 Å². The predicted octanol–water partition coefficient (Wildman–Crippen LogP) is 3.15. The van der Waals surface area contributed by atoms with E-state index in [2.05, 4.69) is 36.9 Å². The van der Waals surface area contributed by atoms with Crippen LogP contribution in [-0.2, 0) is 6.54 Å². The topological polar surface area (TPSA) is 39.1 Å². The van der Waals surface area contributed by atoms with Gasteiger partial charge in [-0.1, -0.05) is 15.9 Å². The normalized spacial score (nSPS) is 17.6. The summed E-state index contributed by atoms with van der Waals surface area (Å²) >= 11 is 3.53. The Morgan fingerprint density at radius 3 is 3.25 bits per heavy atom. The van der Waals surface area contributed by atoms with Gasteiger partial charge in [0.05, 0.1) is 12.9 Å². The first kappa shape index (κ1) is 13.6. The number of benzene rings is 1. The molecule has 1 aliphatic heterocycles. The van der Waals surface area contributed by atoms with Gasteiger partial charge < -0.3 is 14.6 Å². The Kier molecular flexibility index (Phi) is 4.38. The lowest BCUT2D eigenvalue weighted by Crippen LogP contribution is -2.28. The van der Waals surface area contributed by atoms with Crippen molar-refractivity contribution in [1.82, 2.24) is 14.9 Å². The lowest BCUT2D eigenvalue weighted by molar-refractivity contribution is 0.252. The van der Waals surface area contributed by atoms with Gasteiger partial charge in [-0.25, -0.2) is 4.98 Å². The number of aromatic nitrogens is 2. The Bertz CT molecular complexity index is 556. The van der Waals surface area contributed by atoms with E-state index in [1.54, 1.807) is 0 Å². The van der Waals surface area contributed by atoms with Crippen LogP contribution in [0.5, 0.6) is 5.75 Å². The van der Waals surface area contributed by atoms with E-state index in [0.29, 0.717) is 6.04 Å². The summed E-state index contributed by atoms with van der Waals surface area (Å²) < 4.78 is 8.91. The van der Waals surface area contributed by atoms with Crippen LogP contribution in [0.15, 0.2) is 41.4 Å². The third kappa shape index (κ3) is 3.22. The lowest BCUT2D eigenvalue weighted by atomic mass is 10.0. The number of hydrogen-bond acceptors (Lipinski definition) is 3. The molecular weight excluding hydrogens is 318 g/mol. The second-order valence-electron chi connectivity index (χ2n) is 4.98. The van der Waals surface area contributed by atoms with E-state index in [0.717, 1.165) is 42.8 Å². The van der Waals surface area contributed by atoms with E-state index in [4.69, 9.17) is 4.74 Å². The van der Waals surface area contributed by atoms with Crippen LogP contribution in [0.2, 0.25) is 0 Å². The van der Waals surface area contributed by atoms with Crippen molar-refractivity contribution in [2.24, 2.45) is 0 Å². The van der Waals surface area contributed by atoms with Crippen LogP contribution in [0, 0.1) is 0 Å². The maximum absolute atomic E-state index is 5.70. The van der Waals surface area contributed by atoms with Gasteiger partial charge in [0.2, 0.25) is 0 Å². The van der Waals surface area contributed by atoms with Gasteiger partial charge in [0.15, 0.2) is 0 Å². The van der Waals surface area contributed by atoms with E-state index >= 15 is 0 Å². The van der Waals surface area contributed by atoms with Crippen molar-refractivity contribution in [3.05, 3.63) is 47.0 Å². The number of halogens is 1. The minimum atomic E-state index is 0.388. The molecule has 2 heterocycles. The largest absolute Gasteiger partial charge is 0.493 e. The van der Waals surface area contributed by atoms with E-state index in [9.17, 15) is 0 Å². The average Bonchev–Trinajstić information content (AvgIpc) is 2.97. The molecule has 0 radical (unpaired) electrons. The van der Waals surface area contributed by atoms with Crippen LogP contribution >= 0.6 is 15.9 Å². The second kappa shape index (κ2) is 6.41. The first-order chi connectivity index (χ1) is 9.83. The molecule has 4 nitrogen and oxygen atoms in total. The molecule has 1 aromatic carbocycles. The molecule has 106 valence electrons. The Morgan fingerprint density at radius 2 is 2.40 bits per heavy atom. The molecule has 0 spiro atoms. The average molecular weight is 336 g/mol. The summed E-state index contributed by atoms with van der Waals surface area (Å²) in [5.41, 5.74) is 1.26. The number of fused-ring (bicyclic) bond motifs is 1. The zero-order chi connectivity index (χ0) is 13.8. The first-order valence-electron chi connectivity index (χ1n) is 6.94. The maximum atomic E-state index is 5.70. The third-order valence-electron chi connectivity index (χ3n) is 3.55. The van der Waals surface area contributed by atoms with Crippen LogP contribution in [0.1, 0.15) is 24.4 Å². The van der Waals surface area contributed by atoms with Crippen LogP contribution in [0.3, 0.4) is 0 Å². The molecule has 0 bridgehead atoms. The van der Waals surface area contributed by atoms with Crippen molar-refractivity contribution in [2.75, 3.05) is 13.2 Å². The van der Waals surface area contributed by atoms with Crippen LogP contribution in [0.25, 0.3) is 0 Å². The molecule has 0 fully saturated rings. The van der Waals surface area contributed by atoms with Gasteiger partial charge in [-0.05, 0) is 31.2 Å². The van der Waals surface area contributed by atoms with Crippen molar-refractivity contribution in [3.63, 3.8) is 0 Å². The Hall–Kier alpha value is -1.33. The lowest BCUT2D eigenvalue weighted by Gasteiger charge is -2.27. The molecule has 2 aromatic rings. The first-order valence-corrected chi connectivity index (χ1v) is 7.73. The van der Waals surface area contributed by atoms with Crippen LogP contribution in [-0.4, -0.2) is 22.7 Å². The van der Waals surface area contributed by atoms with Gasteiger partial charge in [0, 0.05) is 41.4 Å². The minimum Gasteiger partial charge on any atom is -0.493 e. The van der Waals surface area contributed by atoms with Gasteiger partial charge in [0.1, 0.15) is 5.75 Å². The molecule has 0 saturated carbocycles. The van der Waals surface area contributed by atoms with Crippen molar-refractivity contribution < 1.29 is 4.74 Å². The predicted molar refractivity (Wildman–Crippen MR) is 81.8 cm³/mol. The fraction of sp³-hybridized carbons (Fsp3) is 0.400. The quantitative estimate of drug-likeness (QED) is 0.853. The summed E-state index contributed by atoms with van der Waals surface area (Å²) in [7, 11) is 0. The van der Waals surface area contributed by atoms with Gasteiger partial charge in [-0.2, -0.15) is 0 Å². The number of nitrogens with one attached hydrogen (secondary N) is 1. The molecule has 1 atom stereocenters. The van der Waals surface area contributed by atoms with Gasteiger partial charge in [0.25, 0.3) is 0 Å². The number of nitrogens with zero attached hydrogens (tertiary/aromatic N) is 2. The Labute approximate surface area is 127 Å². The summed E-state index contributed by atoms with van der Waals surface area (Å²) in [6.07, 6.45) is 7.80. The fourth-order valence-electron chi connectivity index (χ4n) is 2.53. The van der Waals surface area contributed by atoms with E-state index in [-0.39, 0.29) is 0 Å². The molecule has 5 heteroatoms. The molecule has 3 rings (SSSR count). The highest BCUT2D eigenvalue weighted by Crippen LogP contribution is 2.33. The fourth-order valence-corrected chi connectivity index (χ4v) is 2.91. The van der Waals surface area contributed by atoms with E-state index in [1.807, 2.05) is 30.9 Å². The second-order valence-corrected chi connectivity index (χ2v) is 5.90. The maximum Gasteiger partial charge on any atom is 0.124 e. The smallest absolute Gasteiger partial charge is 0.124 e. The van der Waals surface area contributed by atoms with E-state index in [1.165, 1.54) is 5.56 Å². The number of rotatable bonds is 5. The molecule has 1 N–H and O–H groups in total. The molecule has 1 unspecified atom stereocenters. The summed E-state index contributed by atoms with van der Waals surface area (Å²) in [6.45, 7) is 2.78.